The molecule has 138 valence electrons. The van der Waals surface area contributed by atoms with Crippen molar-refractivity contribution in [3.8, 4) is 0 Å². The van der Waals surface area contributed by atoms with Crippen LogP contribution >= 0.6 is 0 Å². The highest BCUT2D eigenvalue weighted by Gasteiger charge is 2.27. The molecule has 0 aromatic heterocycles. The molecule has 2 atom stereocenters. The second-order valence-electron chi connectivity index (χ2n) is 6.46. The fourth-order valence-corrected chi connectivity index (χ4v) is 3.24. The van der Waals surface area contributed by atoms with Gasteiger partial charge in [0.05, 0.1) is 14.2 Å². The average Bonchev–Trinajstić information content (AvgIpc) is 2.68. The van der Waals surface area contributed by atoms with Gasteiger partial charge in [-0.05, 0) is 35.8 Å². The number of rotatable bonds is 9. The van der Waals surface area contributed by atoms with Gasteiger partial charge in [-0.2, -0.15) is 0 Å². The molecule has 0 spiro atoms. The Bertz CT molecular complexity index is 620. The molecule has 0 amide bonds. The van der Waals surface area contributed by atoms with Crippen molar-refractivity contribution in [2.75, 3.05) is 14.2 Å². The van der Waals surface area contributed by atoms with Crippen molar-refractivity contribution in [1.82, 2.24) is 0 Å². The summed E-state index contributed by atoms with van der Waals surface area (Å²) < 4.78 is 9.79. The Kier molecular flexibility index (Phi) is 7.87. The Labute approximate surface area is 155 Å². The third kappa shape index (κ3) is 6.36. The van der Waals surface area contributed by atoms with Crippen LogP contribution in [0.5, 0.6) is 0 Å². The summed E-state index contributed by atoms with van der Waals surface area (Å²) in [5.74, 6) is -0.531. The van der Waals surface area contributed by atoms with E-state index in [4.69, 9.17) is 9.47 Å². The molecule has 26 heavy (non-hydrogen) atoms. The molecule has 4 heteroatoms. The first-order chi connectivity index (χ1) is 12.6. The van der Waals surface area contributed by atoms with Gasteiger partial charge in [0.25, 0.3) is 0 Å². The highest BCUT2D eigenvalue weighted by molar-refractivity contribution is 5.71. The zero-order valence-corrected chi connectivity index (χ0v) is 15.4. The molecule has 0 radical (unpaired) electrons. The van der Waals surface area contributed by atoms with Gasteiger partial charge >= 0.3 is 11.9 Å². The first kappa shape index (κ1) is 19.7. The van der Waals surface area contributed by atoms with E-state index < -0.39 is 0 Å². The molecule has 0 aliphatic rings. The summed E-state index contributed by atoms with van der Waals surface area (Å²) in [6.07, 6.45) is 1.98. The Morgan fingerprint density at radius 1 is 0.692 bits per heavy atom. The largest absolute Gasteiger partial charge is 0.469 e. The molecule has 2 aromatic rings. The van der Waals surface area contributed by atoms with Gasteiger partial charge in [0.15, 0.2) is 0 Å². The molecular formula is C22H26O4. The van der Waals surface area contributed by atoms with Crippen LogP contribution in [0.4, 0.5) is 0 Å². The van der Waals surface area contributed by atoms with Crippen molar-refractivity contribution in [3.63, 3.8) is 0 Å². The minimum atomic E-state index is -0.256. The van der Waals surface area contributed by atoms with Gasteiger partial charge in [0.2, 0.25) is 0 Å². The lowest BCUT2D eigenvalue weighted by atomic mass is 9.79. The number of ether oxygens (including phenoxy) is 2. The van der Waals surface area contributed by atoms with Crippen LogP contribution in [0.2, 0.25) is 0 Å². The summed E-state index contributed by atoms with van der Waals surface area (Å²) in [7, 11) is 2.79. The van der Waals surface area contributed by atoms with Crippen LogP contribution < -0.4 is 0 Å². The minimum absolute atomic E-state index is 0.0100. The van der Waals surface area contributed by atoms with E-state index in [1.165, 1.54) is 14.2 Å². The molecule has 4 nitrogen and oxygen atoms in total. The SMILES string of the molecule is COC(=O)C[C@H](Cc1ccccc1)[C@H](CC(=O)OC)Cc1ccccc1. The van der Waals surface area contributed by atoms with E-state index in [0.29, 0.717) is 12.8 Å². The zero-order chi connectivity index (χ0) is 18.8. The maximum Gasteiger partial charge on any atom is 0.305 e. The van der Waals surface area contributed by atoms with Gasteiger partial charge in [-0.1, -0.05) is 60.7 Å². The first-order valence-corrected chi connectivity index (χ1v) is 8.83. The molecule has 0 N–H and O–H groups in total. The lowest BCUT2D eigenvalue weighted by Crippen LogP contribution is -2.26. The minimum Gasteiger partial charge on any atom is -0.469 e. The van der Waals surface area contributed by atoms with Crippen molar-refractivity contribution in [3.05, 3.63) is 71.8 Å². The zero-order valence-electron chi connectivity index (χ0n) is 15.4. The number of carbonyl (C=O) groups is 2. The average molecular weight is 354 g/mol. The van der Waals surface area contributed by atoms with E-state index >= 15 is 0 Å². The van der Waals surface area contributed by atoms with Crippen LogP contribution in [0.3, 0.4) is 0 Å². The third-order valence-corrected chi connectivity index (χ3v) is 4.66. The molecule has 0 heterocycles. The van der Waals surface area contributed by atoms with Crippen molar-refractivity contribution >= 4 is 11.9 Å². The smallest absolute Gasteiger partial charge is 0.305 e. The van der Waals surface area contributed by atoms with Gasteiger partial charge in [-0.3, -0.25) is 9.59 Å². The van der Waals surface area contributed by atoms with Crippen LogP contribution in [0, 0.1) is 11.8 Å². The maximum atomic E-state index is 12.0. The molecule has 2 aromatic carbocycles. The van der Waals surface area contributed by atoms with E-state index in [9.17, 15) is 9.59 Å². The van der Waals surface area contributed by atoms with Crippen LogP contribution in [-0.4, -0.2) is 26.2 Å². The van der Waals surface area contributed by atoms with Gasteiger partial charge in [0, 0.05) is 12.8 Å². The van der Waals surface area contributed by atoms with Gasteiger partial charge in [-0.25, -0.2) is 0 Å². The number of carbonyl (C=O) groups excluding carboxylic acids is 2. The second-order valence-corrected chi connectivity index (χ2v) is 6.46. The fourth-order valence-electron chi connectivity index (χ4n) is 3.24. The van der Waals surface area contributed by atoms with Crippen molar-refractivity contribution in [1.29, 1.82) is 0 Å². The molecular weight excluding hydrogens is 328 g/mol. The van der Waals surface area contributed by atoms with Crippen LogP contribution in [0.1, 0.15) is 24.0 Å². The highest BCUT2D eigenvalue weighted by atomic mass is 16.5. The highest BCUT2D eigenvalue weighted by Crippen LogP contribution is 2.28. The molecule has 0 saturated carbocycles. The summed E-state index contributed by atoms with van der Waals surface area (Å²) in [5, 5.41) is 0. The summed E-state index contributed by atoms with van der Waals surface area (Å²) in [6.45, 7) is 0. The fraction of sp³-hybridized carbons (Fsp3) is 0.364. The summed E-state index contributed by atoms with van der Waals surface area (Å²) in [4.78, 5) is 24.0. The van der Waals surface area contributed by atoms with Gasteiger partial charge in [-0.15, -0.1) is 0 Å². The molecule has 0 bridgehead atoms. The molecule has 0 saturated heterocycles. The van der Waals surface area contributed by atoms with E-state index in [0.717, 1.165) is 11.1 Å². The number of benzene rings is 2. The quantitative estimate of drug-likeness (QED) is 0.642. The van der Waals surface area contributed by atoms with E-state index in [2.05, 4.69) is 0 Å². The third-order valence-electron chi connectivity index (χ3n) is 4.66. The number of hydrogen-bond acceptors (Lipinski definition) is 4. The van der Waals surface area contributed by atoms with Crippen molar-refractivity contribution < 1.29 is 19.1 Å². The Hall–Kier alpha value is -2.62. The number of hydrogen-bond donors (Lipinski definition) is 0. The van der Waals surface area contributed by atoms with Gasteiger partial charge in [0.1, 0.15) is 0 Å². The molecule has 0 aliphatic heterocycles. The van der Waals surface area contributed by atoms with Crippen molar-refractivity contribution in [2.24, 2.45) is 11.8 Å². The Balaban J connectivity index is 2.25. The van der Waals surface area contributed by atoms with Gasteiger partial charge < -0.3 is 9.47 Å². The standard InChI is InChI=1S/C22H26O4/c1-25-21(23)15-19(13-17-9-5-3-6-10-17)20(16-22(24)26-2)14-18-11-7-4-8-12-18/h3-12,19-20H,13-16H2,1-2H3/t19-,20-/m0/s1. The van der Waals surface area contributed by atoms with E-state index in [1.807, 2.05) is 60.7 Å². The number of esters is 2. The lowest BCUT2D eigenvalue weighted by Gasteiger charge is -2.26. The van der Waals surface area contributed by atoms with Crippen LogP contribution in [0.15, 0.2) is 60.7 Å². The number of methoxy groups -OCH3 is 2. The molecule has 0 fully saturated rings. The van der Waals surface area contributed by atoms with Crippen LogP contribution in [0.25, 0.3) is 0 Å². The lowest BCUT2D eigenvalue weighted by molar-refractivity contribution is -0.145. The predicted molar refractivity (Wildman–Crippen MR) is 101 cm³/mol. The summed E-state index contributed by atoms with van der Waals surface area (Å²) in [5.41, 5.74) is 2.29. The molecule has 0 unspecified atom stereocenters. The monoisotopic (exact) mass is 354 g/mol. The topological polar surface area (TPSA) is 52.6 Å². The van der Waals surface area contributed by atoms with E-state index in [1.54, 1.807) is 0 Å². The molecule has 0 aliphatic carbocycles. The van der Waals surface area contributed by atoms with Crippen LogP contribution in [-0.2, 0) is 31.9 Å². The Morgan fingerprint density at radius 3 is 1.35 bits per heavy atom. The Morgan fingerprint density at radius 2 is 1.04 bits per heavy atom. The first-order valence-electron chi connectivity index (χ1n) is 8.83. The predicted octanol–water partition coefficient (Wildman–Crippen LogP) is 3.83. The van der Waals surface area contributed by atoms with Crippen molar-refractivity contribution in [2.45, 2.75) is 25.7 Å². The van der Waals surface area contributed by atoms with E-state index in [-0.39, 0.29) is 36.6 Å². The molecule has 2 rings (SSSR count). The normalized spacial score (nSPS) is 12.8. The second kappa shape index (κ2) is 10.4. The summed E-state index contributed by atoms with van der Waals surface area (Å²) >= 11 is 0. The summed E-state index contributed by atoms with van der Waals surface area (Å²) in [6, 6.07) is 20.0. The maximum absolute atomic E-state index is 12.0.